The summed E-state index contributed by atoms with van der Waals surface area (Å²) in [7, 11) is 0. The summed E-state index contributed by atoms with van der Waals surface area (Å²) in [6.07, 6.45) is 5.39. The van der Waals surface area contributed by atoms with Crippen molar-refractivity contribution in [3.63, 3.8) is 0 Å². The molecule has 0 aromatic heterocycles. The van der Waals surface area contributed by atoms with Gasteiger partial charge in [0.25, 0.3) is 0 Å². The summed E-state index contributed by atoms with van der Waals surface area (Å²) in [4.78, 5) is 11.0. The average Bonchev–Trinajstić information content (AvgIpc) is 2.26. The van der Waals surface area contributed by atoms with Crippen LogP contribution in [0.1, 0.15) is 59.8 Å². The Kier molecular flexibility index (Phi) is 3.75. The highest BCUT2D eigenvalue weighted by atomic mass is 16.4. The van der Waals surface area contributed by atoms with Gasteiger partial charge in [-0.25, -0.2) is 0 Å². The van der Waals surface area contributed by atoms with Crippen LogP contribution in [0.25, 0.3) is 0 Å². The van der Waals surface area contributed by atoms with E-state index in [-0.39, 0.29) is 0 Å². The SMILES string of the molecule is CC1CCC(C)(C)C2CCC(CC(=O)O)C(C)C12. The zero-order chi connectivity index (χ0) is 13.5. The van der Waals surface area contributed by atoms with E-state index in [1.165, 1.54) is 19.3 Å². The molecule has 2 aliphatic carbocycles. The van der Waals surface area contributed by atoms with Gasteiger partial charge in [-0.1, -0.05) is 27.7 Å². The van der Waals surface area contributed by atoms with Gasteiger partial charge < -0.3 is 5.11 Å². The summed E-state index contributed by atoms with van der Waals surface area (Å²) in [5.41, 5.74) is 0.458. The lowest BCUT2D eigenvalue weighted by Crippen LogP contribution is -2.47. The van der Waals surface area contributed by atoms with Crippen LogP contribution in [0, 0.1) is 35.0 Å². The quantitative estimate of drug-likeness (QED) is 0.800. The second kappa shape index (κ2) is 4.86. The van der Waals surface area contributed by atoms with Crippen LogP contribution in [0.4, 0.5) is 0 Å². The number of rotatable bonds is 2. The molecule has 0 aliphatic heterocycles. The largest absolute Gasteiger partial charge is 0.481 e. The first-order valence-corrected chi connectivity index (χ1v) is 7.54. The van der Waals surface area contributed by atoms with Crippen molar-refractivity contribution in [3.8, 4) is 0 Å². The van der Waals surface area contributed by atoms with Crippen LogP contribution in [0.2, 0.25) is 0 Å². The molecule has 2 rings (SSSR count). The highest BCUT2D eigenvalue weighted by molar-refractivity contribution is 5.67. The average molecular weight is 252 g/mol. The van der Waals surface area contributed by atoms with E-state index in [1.54, 1.807) is 0 Å². The molecule has 0 saturated heterocycles. The van der Waals surface area contributed by atoms with Gasteiger partial charge in [-0.15, -0.1) is 0 Å². The van der Waals surface area contributed by atoms with Crippen LogP contribution in [-0.4, -0.2) is 11.1 Å². The van der Waals surface area contributed by atoms with Crippen molar-refractivity contribution in [2.24, 2.45) is 35.0 Å². The summed E-state index contributed by atoms with van der Waals surface area (Å²) < 4.78 is 0. The fraction of sp³-hybridized carbons (Fsp3) is 0.938. The van der Waals surface area contributed by atoms with Crippen molar-refractivity contribution in [1.82, 2.24) is 0 Å². The summed E-state index contributed by atoms with van der Waals surface area (Å²) in [5, 5.41) is 9.05. The summed E-state index contributed by atoms with van der Waals surface area (Å²) in [5.74, 6) is 2.69. The molecule has 5 unspecified atom stereocenters. The van der Waals surface area contributed by atoms with Gasteiger partial charge in [0.15, 0.2) is 0 Å². The number of aliphatic carboxylic acids is 1. The number of carbonyl (C=O) groups is 1. The van der Waals surface area contributed by atoms with Crippen LogP contribution in [-0.2, 0) is 4.79 Å². The molecule has 104 valence electrons. The van der Waals surface area contributed by atoms with Crippen molar-refractivity contribution in [1.29, 1.82) is 0 Å². The fourth-order valence-electron chi connectivity index (χ4n) is 4.85. The minimum atomic E-state index is -0.618. The highest BCUT2D eigenvalue weighted by Crippen LogP contribution is 2.56. The molecule has 0 radical (unpaired) electrons. The zero-order valence-electron chi connectivity index (χ0n) is 12.3. The molecule has 2 aliphatic rings. The van der Waals surface area contributed by atoms with Gasteiger partial charge in [0, 0.05) is 6.42 Å². The first kappa shape index (κ1) is 13.9. The Morgan fingerprint density at radius 1 is 1.22 bits per heavy atom. The third-order valence-electron chi connectivity index (χ3n) is 6.01. The molecular formula is C16H28O2. The number of fused-ring (bicyclic) bond motifs is 1. The molecule has 0 spiro atoms. The van der Waals surface area contributed by atoms with Gasteiger partial charge in [-0.3, -0.25) is 4.79 Å². The molecule has 2 fully saturated rings. The molecule has 2 nitrogen and oxygen atoms in total. The van der Waals surface area contributed by atoms with Gasteiger partial charge >= 0.3 is 5.97 Å². The molecule has 0 amide bonds. The number of hydrogen-bond acceptors (Lipinski definition) is 1. The maximum atomic E-state index is 11.0. The third kappa shape index (κ3) is 2.44. The summed E-state index contributed by atoms with van der Waals surface area (Å²) in [6, 6.07) is 0. The zero-order valence-corrected chi connectivity index (χ0v) is 12.3. The Balaban J connectivity index is 2.16. The van der Waals surface area contributed by atoms with E-state index in [0.717, 1.165) is 24.2 Å². The van der Waals surface area contributed by atoms with Gasteiger partial charge in [0.2, 0.25) is 0 Å². The van der Waals surface area contributed by atoms with Crippen LogP contribution >= 0.6 is 0 Å². The Bertz CT molecular complexity index is 321. The van der Waals surface area contributed by atoms with Gasteiger partial charge in [0.1, 0.15) is 0 Å². The Labute approximate surface area is 111 Å². The molecule has 1 N–H and O–H groups in total. The fourth-order valence-corrected chi connectivity index (χ4v) is 4.85. The highest BCUT2D eigenvalue weighted by Gasteiger charge is 2.48. The molecule has 0 aromatic rings. The first-order valence-electron chi connectivity index (χ1n) is 7.54. The van der Waals surface area contributed by atoms with Crippen LogP contribution in [0.5, 0.6) is 0 Å². The predicted molar refractivity (Wildman–Crippen MR) is 73.3 cm³/mol. The molecular weight excluding hydrogens is 224 g/mol. The van der Waals surface area contributed by atoms with Gasteiger partial charge in [0.05, 0.1) is 0 Å². The monoisotopic (exact) mass is 252 g/mol. The van der Waals surface area contributed by atoms with Crippen LogP contribution < -0.4 is 0 Å². The normalized spacial score (nSPS) is 43.2. The Hall–Kier alpha value is -0.530. The Morgan fingerprint density at radius 2 is 1.89 bits per heavy atom. The molecule has 2 heteroatoms. The van der Waals surface area contributed by atoms with Crippen molar-refractivity contribution < 1.29 is 9.90 Å². The molecule has 5 atom stereocenters. The van der Waals surface area contributed by atoms with E-state index in [9.17, 15) is 4.79 Å². The van der Waals surface area contributed by atoms with Crippen molar-refractivity contribution in [2.75, 3.05) is 0 Å². The summed E-state index contributed by atoms with van der Waals surface area (Å²) in [6.45, 7) is 9.52. The number of hydrogen-bond donors (Lipinski definition) is 1. The standard InChI is InChI=1S/C16H28O2/c1-10-7-8-16(3,4)13-6-5-12(9-14(17)18)11(2)15(10)13/h10-13,15H,5-9H2,1-4H3,(H,17,18). The molecule has 0 bridgehead atoms. The van der Waals surface area contributed by atoms with Crippen molar-refractivity contribution in [3.05, 3.63) is 0 Å². The second-order valence-electron chi connectivity index (χ2n) is 7.48. The maximum Gasteiger partial charge on any atom is 0.303 e. The minimum Gasteiger partial charge on any atom is -0.481 e. The molecule has 18 heavy (non-hydrogen) atoms. The first-order chi connectivity index (χ1) is 8.33. The lowest BCUT2D eigenvalue weighted by Gasteiger charge is -2.54. The Morgan fingerprint density at radius 3 is 2.50 bits per heavy atom. The number of carboxylic acids is 1. The van der Waals surface area contributed by atoms with E-state index in [1.807, 2.05) is 0 Å². The van der Waals surface area contributed by atoms with E-state index in [0.29, 0.717) is 23.7 Å². The molecule has 0 heterocycles. The van der Waals surface area contributed by atoms with Gasteiger partial charge in [-0.05, 0) is 60.7 Å². The van der Waals surface area contributed by atoms with E-state index < -0.39 is 5.97 Å². The van der Waals surface area contributed by atoms with E-state index in [4.69, 9.17) is 5.11 Å². The van der Waals surface area contributed by atoms with E-state index >= 15 is 0 Å². The second-order valence-corrected chi connectivity index (χ2v) is 7.48. The molecule has 2 saturated carbocycles. The minimum absolute atomic E-state index is 0.373. The molecule has 0 aromatic carbocycles. The van der Waals surface area contributed by atoms with E-state index in [2.05, 4.69) is 27.7 Å². The lowest BCUT2D eigenvalue weighted by molar-refractivity contribution is -0.140. The van der Waals surface area contributed by atoms with Crippen LogP contribution in [0.15, 0.2) is 0 Å². The lowest BCUT2D eigenvalue weighted by atomic mass is 9.51. The topological polar surface area (TPSA) is 37.3 Å². The van der Waals surface area contributed by atoms with Crippen molar-refractivity contribution in [2.45, 2.75) is 59.8 Å². The smallest absolute Gasteiger partial charge is 0.303 e. The number of carboxylic acid groups (broad SMARTS) is 1. The van der Waals surface area contributed by atoms with Crippen LogP contribution in [0.3, 0.4) is 0 Å². The predicted octanol–water partition coefficient (Wildman–Crippen LogP) is 4.20. The third-order valence-corrected chi connectivity index (χ3v) is 6.01. The maximum absolute atomic E-state index is 11.0. The van der Waals surface area contributed by atoms with Gasteiger partial charge in [-0.2, -0.15) is 0 Å². The summed E-state index contributed by atoms with van der Waals surface area (Å²) >= 11 is 0. The van der Waals surface area contributed by atoms with Crippen molar-refractivity contribution >= 4 is 5.97 Å².